The van der Waals surface area contributed by atoms with Crippen molar-refractivity contribution in [2.75, 3.05) is 13.1 Å². The molecule has 0 aromatic heterocycles. The molecule has 0 radical (unpaired) electrons. The zero-order valence-corrected chi connectivity index (χ0v) is 9.81. The van der Waals surface area contributed by atoms with Crippen LogP contribution in [0.4, 0.5) is 4.79 Å². The van der Waals surface area contributed by atoms with Crippen LogP contribution in [0.3, 0.4) is 0 Å². The number of nitrogens with zero attached hydrogens (tertiary/aromatic N) is 1. The fourth-order valence-corrected chi connectivity index (χ4v) is 3.10. The monoisotopic (exact) mass is 232 g/mol. The Hall–Kier alpha value is -1.55. The zero-order valence-electron chi connectivity index (χ0n) is 9.81. The van der Waals surface area contributed by atoms with Crippen LogP contribution in [0.25, 0.3) is 0 Å². The number of rotatable bonds is 0. The van der Waals surface area contributed by atoms with Gasteiger partial charge in [0, 0.05) is 25.6 Å². The molecule has 2 heterocycles. The van der Waals surface area contributed by atoms with Gasteiger partial charge in [-0.15, -0.1) is 0 Å². The first-order valence-electron chi connectivity index (χ1n) is 5.97. The summed E-state index contributed by atoms with van der Waals surface area (Å²) in [6.45, 7) is 4.23. The summed E-state index contributed by atoms with van der Waals surface area (Å²) in [6.07, 6.45) is -0.808. The summed E-state index contributed by atoms with van der Waals surface area (Å²) < 4.78 is 0. The molecule has 1 aromatic carbocycles. The normalized spacial score (nSPS) is 26.5. The zero-order chi connectivity index (χ0) is 12.0. The van der Waals surface area contributed by atoms with E-state index >= 15 is 0 Å². The highest BCUT2D eigenvalue weighted by Gasteiger charge is 2.40. The molecule has 2 aliphatic rings. The van der Waals surface area contributed by atoms with Gasteiger partial charge in [0.15, 0.2) is 0 Å². The second kappa shape index (κ2) is 3.74. The Morgan fingerprint density at radius 3 is 3.06 bits per heavy atom. The second-order valence-electron chi connectivity index (χ2n) is 4.89. The molecule has 2 atom stereocenters. The highest BCUT2D eigenvalue weighted by atomic mass is 16.4. The van der Waals surface area contributed by atoms with E-state index in [1.54, 1.807) is 4.90 Å². The van der Waals surface area contributed by atoms with Gasteiger partial charge in [0.05, 0.1) is 6.04 Å². The molecule has 4 heteroatoms. The Balaban J connectivity index is 2.10. The number of aryl methyl sites for hydroxylation is 1. The lowest BCUT2D eigenvalue weighted by atomic mass is 9.84. The van der Waals surface area contributed by atoms with Crippen LogP contribution in [0.1, 0.15) is 22.6 Å². The van der Waals surface area contributed by atoms with Crippen molar-refractivity contribution in [1.82, 2.24) is 10.2 Å². The average molecular weight is 232 g/mol. The second-order valence-corrected chi connectivity index (χ2v) is 4.89. The third kappa shape index (κ3) is 1.52. The number of amides is 1. The van der Waals surface area contributed by atoms with E-state index in [9.17, 15) is 9.90 Å². The molecule has 1 fully saturated rings. The van der Waals surface area contributed by atoms with E-state index < -0.39 is 6.09 Å². The number of benzene rings is 1. The van der Waals surface area contributed by atoms with Crippen molar-refractivity contribution < 1.29 is 9.90 Å². The minimum Gasteiger partial charge on any atom is -0.465 e. The van der Waals surface area contributed by atoms with Crippen molar-refractivity contribution in [3.05, 3.63) is 34.9 Å². The molecule has 17 heavy (non-hydrogen) atoms. The van der Waals surface area contributed by atoms with Gasteiger partial charge in [-0.2, -0.15) is 0 Å². The van der Waals surface area contributed by atoms with E-state index in [2.05, 4.69) is 30.4 Å². The van der Waals surface area contributed by atoms with Crippen molar-refractivity contribution in [3.8, 4) is 0 Å². The Morgan fingerprint density at radius 1 is 1.47 bits per heavy atom. The first kappa shape index (κ1) is 10.6. The molecular formula is C13H16N2O2. The molecule has 3 rings (SSSR count). The van der Waals surface area contributed by atoms with Crippen molar-refractivity contribution in [3.63, 3.8) is 0 Å². The van der Waals surface area contributed by atoms with Crippen molar-refractivity contribution in [2.24, 2.45) is 0 Å². The average Bonchev–Trinajstić information content (AvgIpc) is 2.77. The molecule has 4 nitrogen and oxygen atoms in total. The minimum absolute atomic E-state index is 0.0989. The molecule has 1 saturated heterocycles. The molecule has 0 saturated carbocycles. The first-order chi connectivity index (χ1) is 8.18. The van der Waals surface area contributed by atoms with Crippen LogP contribution in [0.5, 0.6) is 0 Å². The fourth-order valence-electron chi connectivity index (χ4n) is 3.10. The lowest BCUT2D eigenvalue weighted by molar-refractivity contribution is 0.114. The minimum atomic E-state index is -0.808. The van der Waals surface area contributed by atoms with Gasteiger partial charge in [-0.1, -0.05) is 18.2 Å². The summed E-state index contributed by atoms with van der Waals surface area (Å²) in [5.74, 6) is 0.315. The SMILES string of the molecule is Cc1cccc2c1CN(C(=O)O)C1CNCC21. The predicted octanol–water partition coefficient (Wildman–Crippen LogP) is 1.54. The van der Waals surface area contributed by atoms with Crippen LogP contribution in [-0.2, 0) is 6.54 Å². The summed E-state index contributed by atoms with van der Waals surface area (Å²) in [7, 11) is 0. The topological polar surface area (TPSA) is 52.6 Å². The lowest BCUT2D eigenvalue weighted by Gasteiger charge is -2.37. The number of hydrogen-bond donors (Lipinski definition) is 2. The van der Waals surface area contributed by atoms with Gasteiger partial charge in [-0.05, 0) is 23.6 Å². The van der Waals surface area contributed by atoms with E-state index in [1.165, 1.54) is 16.7 Å². The molecule has 2 aliphatic heterocycles. The number of carboxylic acid groups (broad SMARTS) is 1. The summed E-state index contributed by atoms with van der Waals surface area (Å²) in [4.78, 5) is 12.9. The van der Waals surface area contributed by atoms with Gasteiger partial charge in [-0.3, -0.25) is 4.90 Å². The van der Waals surface area contributed by atoms with Crippen LogP contribution >= 0.6 is 0 Å². The quantitative estimate of drug-likeness (QED) is 0.713. The van der Waals surface area contributed by atoms with Crippen LogP contribution in [-0.4, -0.2) is 35.2 Å². The van der Waals surface area contributed by atoms with E-state index in [-0.39, 0.29) is 6.04 Å². The molecule has 90 valence electrons. The van der Waals surface area contributed by atoms with Gasteiger partial charge in [-0.25, -0.2) is 4.79 Å². The smallest absolute Gasteiger partial charge is 0.407 e. The Morgan fingerprint density at radius 2 is 2.29 bits per heavy atom. The fraction of sp³-hybridized carbons (Fsp3) is 0.462. The number of fused-ring (bicyclic) bond motifs is 3. The molecule has 1 amide bonds. The molecule has 0 spiro atoms. The maximum absolute atomic E-state index is 11.3. The predicted molar refractivity (Wildman–Crippen MR) is 64.1 cm³/mol. The van der Waals surface area contributed by atoms with Gasteiger partial charge in [0.1, 0.15) is 0 Å². The Labute approximate surface area is 100 Å². The van der Waals surface area contributed by atoms with Crippen LogP contribution in [0, 0.1) is 6.92 Å². The maximum atomic E-state index is 11.3. The summed E-state index contributed by atoms with van der Waals surface area (Å²) in [6, 6.07) is 6.37. The molecule has 0 bridgehead atoms. The highest BCUT2D eigenvalue weighted by Crippen LogP contribution is 2.36. The van der Waals surface area contributed by atoms with E-state index in [1.807, 2.05) is 0 Å². The van der Waals surface area contributed by atoms with Crippen LogP contribution in [0.15, 0.2) is 18.2 Å². The van der Waals surface area contributed by atoms with Crippen molar-refractivity contribution in [2.45, 2.75) is 25.4 Å². The maximum Gasteiger partial charge on any atom is 0.407 e. The van der Waals surface area contributed by atoms with E-state index in [0.717, 1.165) is 13.1 Å². The van der Waals surface area contributed by atoms with Gasteiger partial charge in [0.25, 0.3) is 0 Å². The van der Waals surface area contributed by atoms with Crippen LogP contribution < -0.4 is 5.32 Å². The third-order valence-electron chi connectivity index (χ3n) is 4.00. The largest absolute Gasteiger partial charge is 0.465 e. The van der Waals surface area contributed by atoms with Gasteiger partial charge in [0.2, 0.25) is 0 Å². The number of nitrogens with one attached hydrogen (secondary N) is 1. The highest BCUT2D eigenvalue weighted by molar-refractivity contribution is 5.67. The molecular weight excluding hydrogens is 216 g/mol. The van der Waals surface area contributed by atoms with E-state index in [4.69, 9.17) is 0 Å². The molecule has 2 N–H and O–H groups in total. The number of hydrogen-bond acceptors (Lipinski definition) is 2. The Kier molecular flexibility index (Phi) is 2.33. The van der Waals surface area contributed by atoms with Crippen LogP contribution in [0.2, 0.25) is 0 Å². The third-order valence-corrected chi connectivity index (χ3v) is 4.00. The summed E-state index contributed by atoms with van der Waals surface area (Å²) >= 11 is 0. The Bertz CT molecular complexity index is 472. The van der Waals surface area contributed by atoms with Gasteiger partial charge >= 0.3 is 6.09 Å². The molecule has 0 aliphatic carbocycles. The molecule has 1 aromatic rings. The standard InChI is InChI=1S/C13H16N2O2/c1-8-3-2-4-9-10-5-14-6-12(10)15(13(16)17)7-11(8)9/h2-4,10,12,14H,5-7H2,1H3,(H,16,17). The first-order valence-corrected chi connectivity index (χ1v) is 5.97. The molecule has 2 unspecified atom stereocenters. The van der Waals surface area contributed by atoms with Gasteiger partial charge < -0.3 is 10.4 Å². The van der Waals surface area contributed by atoms with E-state index in [0.29, 0.717) is 12.5 Å². The number of carbonyl (C=O) groups is 1. The van der Waals surface area contributed by atoms with Crippen molar-refractivity contribution in [1.29, 1.82) is 0 Å². The van der Waals surface area contributed by atoms with Crippen molar-refractivity contribution >= 4 is 6.09 Å². The summed E-state index contributed by atoms with van der Waals surface area (Å²) in [5, 5.41) is 12.6. The summed E-state index contributed by atoms with van der Waals surface area (Å²) in [5.41, 5.74) is 3.72. The lowest BCUT2D eigenvalue weighted by Crippen LogP contribution is -2.46.